The Balaban J connectivity index is 1.49. The van der Waals surface area contributed by atoms with Crippen molar-refractivity contribution in [2.24, 2.45) is 5.10 Å². The van der Waals surface area contributed by atoms with E-state index in [4.69, 9.17) is 4.74 Å². The number of phenolic OH excluding ortho intramolecular Hbond substituents is 1. The van der Waals surface area contributed by atoms with Crippen molar-refractivity contribution in [1.82, 2.24) is 15.6 Å². The average Bonchev–Trinajstić information content (AvgIpc) is 3.41. The summed E-state index contributed by atoms with van der Waals surface area (Å²) >= 11 is 0. The molecule has 0 bridgehead atoms. The number of phenols is 1. The van der Waals surface area contributed by atoms with E-state index < -0.39 is 5.91 Å². The molecule has 0 aliphatic heterocycles. The summed E-state index contributed by atoms with van der Waals surface area (Å²) in [5.74, 6) is 0.507. The number of aromatic nitrogens is 2. The van der Waals surface area contributed by atoms with Crippen LogP contribution < -0.4 is 15.1 Å². The lowest BCUT2D eigenvalue weighted by Crippen LogP contribution is -2.21. The van der Waals surface area contributed by atoms with Crippen molar-refractivity contribution in [2.75, 3.05) is 24.6 Å². The third-order valence-corrected chi connectivity index (χ3v) is 6.25. The van der Waals surface area contributed by atoms with E-state index in [2.05, 4.69) is 46.4 Å². The molecular weight excluding hydrogens is 466 g/mol. The predicted octanol–water partition coefficient (Wildman–Crippen LogP) is 6.13. The zero-order chi connectivity index (χ0) is 26.5. The van der Waals surface area contributed by atoms with Crippen LogP contribution in [0.4, 0.5) is 5.69 Å². The second-order valence-electron chi connectivity index (χ2n) is 8.92. The molecule has 198 valence electrons. The molecule has 0 unspecified atom stereocenters. The summed E-state index contributed by atoms with van der Waals surface area (Å²) in [6.07, 6.45) is 8.82. The van der Waals surface area contributed by atoms with Crippen molar-refractivity contribution in [3.05, 3.63) is 59.8 Å². The summed E-state index contributed by atoms with van der Waals surface area (Å²) in [7, 11) is 0. The molecule has 0 radical (unpaired) electrons. The molecule has 0 saturated carbocycles. The van der Waals surface area contributed by atoms with Crippen molar-refractivity contribution >= 4 is 17.8 Å². The van der Waals surface area contributed by atoms with Gasteiger partial charge in [-0.1, -0.05) is 39.0 Å². The van der Waals surface area contributed by atoms with Gasteiger partial charge in [-0.15, -0.1) is 0 Å². The smallest absolute Gasteiger partial charge is 0.289 e. The number of ether oxygens (including phenoxy) is 1. The molecule has 37 heavy (non-hydrogen) atoms. The highest BCUT2D eigenvalue weighted by atomic mass is 16.5. The molecule has 8 nitrogen and oxygen atoms in total. The Morgan fingerprint density at radius 2 is 1.76 bits per heavy atom. The minimum Gasteiger partial charge on any atom is -0.507 e. The Labute approximate surface area is 219 Å². The van der Waals surface area contributed by atoms with Gasteiger partial charge in [0.25, 0.3) is 5.91 Å². The number of carbonyl (C=O) groups excluding carboxylic acids is 1. The van der Waals surface area contributed by atoms with Crippen LogP contribution in [0.15, 0.2) is 53.6 Å². The van der Waals surface area contributed by atoms with E-state index in [1.54, 1.807) is 18.2 Å². The number of rotatable bonds is 15. The van der Waals surface area contributed by atoms with Crippen LogP contribution in [0.1, 0.15) is 75.3 Å². The standard InChI is InChI=1S/C29H39N5O3/c1-4-7-8-9-10-11-18-37-25-16-13-22(14-17-25)26-20-27(32-31-26)29(36)33-30-21-23-12-15-24(19-28(23)35)34(5-2)6-3/h12-17,19-21,35H,4-11,18H2,1-3H3,(H,31,32)(H,33,36)/b30-21+. The maximum atomic E-state index is 12.5. The van der Waals surface area contributed by atoms with Crippen LogP contribution in [0, 0.1) is 0 Å². The Hall–Kier alpha value is -3.81. The van der Waals surface area contributed by atoms with E-state index in [0.29, 0.717) is 11.3 Å². The van der Waals surface area contributed by atoms with Crippen molar-refractivity contribution in [2.45, 2.75) is 59.3 Å². The van der Waals surface area contributed by atoms with E-state index in [1.165, 1.54) is 38.3 Å². The highest BCUT2D eigenvalue weighted by Crippen LogP contribution is 2.24. The number of benzene rings is 2. The molecule has 3 N–H and O–H groups in total. The number of H-pyrrole nitrogens is 1. The van der Waals surface area contributed by atoms with Gasteiger partial charge in [0.2, 0.25) is 0 Å². The lowest BCUT2D eigenvalue weighted by Gasteiger charge is -2.21. The Morgan fingerprint density at radius 1 is 1.03 bits per heavy atom. The van der Waals surface area contributed by atoms with E-state index in [9.17, 15) is 9.90 Å². The third-order valence-electron chi connectivity index (χ3n) is 6.25. The van der Waals surface area contributed by atoms with Gasteiger partial charge in [0, 0.05) is 36.0 Å². The van der Waals surface area contributed by atoms with E-state index in [1.807, 2.05) is 30.3 Å². The Kier molecular flexibility index (Phi) is 11.0. The number of carbonyl (C=O) groups is 1. The quantitative estimate of drug-likeness (QED) is 0.131. The maximum absolute atomic E-state index is 12.5. The fourth-order valence-electron chi connectivity index (χ4n) is 4.03. The zero-order valence-electron chi connectivity index (χ0n) is 22.2. The number of hydrazone groups is 1. The van der Waals surface area contributed by atoms with Crippen LogP contribution in [0.5, 0.6) is 11.5 Å². The molecule has 0 aliphatic carbocycles. The molecular formula is C29H39N5O3. The molecule has 0 spiro atoms. The molecule has 0 aliphatic rings. The summed E-state index contributed by atoms with van der Waals surface area (Å²) in [6, 6.07) is 14.8. The van der Waals surface area contributed by atoms with Crippen LogP contribution in [-0.4, -0.2) is 47.1 Å². The number of nitrogens with zero attached hydrogens (tertiary/aromatic N) is 3. The number of unbranched alkanes of at least 4 members (excludes halogenated alkanes) is 5. The Bertz CT molecular complexity index is 1140. The zero-order valence-corrected chi connectivity index (χ0v) is 22.2. The summed E-state index contributed by atoms with van der Waals surface area (Å²) in [5.41, 5.74) is 5.74. The number of nitrogens with one attached hydrogen (secondary N) is 2. The summed E-state index contributed by atoms with van der Waals surface area (Å²) < 4.78 is 5.84. The topological polar surface area (TPSA) is 103 Å². The van der Waals surface area contributed by atoms with E-state index in [0.717, 1.165) is 43.1 Å². The highest BCUT2D eigenvalue weighted by Gasteiger charge is 2.11. The molecule has 0 fully saturated rings. The summed E-state index contributed by atoms with van der Waals surface area (Å²) in [5, 5.41) is 21.3. The number of amides is 1. The first-order valence-corrected chi connectivity index (χ1v) is 13.3. The first kappa shape index (κ1) is 27.8. The molecule has 0 atom stereocenters. The molecule has 1 aromatic heterocycles. The average molecular weight is 506 g/mol. The molecule has 8 heteroatoms. The van der Waals surface area contributed by atoms with Crippen molar-refractivity contribution in [3.63, 3.8) is 0 Å². The third kappa shape index (κ3) is 8.37. The largest absolute Gasteiger partial charge is 0.507 e. The molecule has 3 rings (SSSR count). The van der Waals surface area contributed by atoms with Gasteiger partial charge in [-0.05, 0) is 62.7 Å². The SMILES string of the molecule is CCCCCCCCOc1ccc(-c2cc(C(=O)N/N=C/c3ccc(N(CC)CC)cc3O)[nH]n2)cc1. The molecule has 0 saturated heterocycles. The summed E-state index contributed by atoms with van der Waals surface area (Å²) in [4.78, 5) is 14.6. The van der Waals surface area contributed by atoms with Crippen molar-refractivity contribution in [3.8, 4) is 22.8 Å². The molecule has 2 aromatic carbocycles. The van der Waals surface area contributed by atoms with Crippen molar-refractivity contribution < 1.29 is 14.6 Å². The van der Waals surface area contributed by atoms with Gasteiger partial charge in [-0.3, -0.25) is 9.89 Å². The fourth-order valence-corrected chi connectivity index (χ4v) is 4.03. The van der Waals surface area contributed by atoms with Gasteiger partial charge >= 0.3 is 0 Å². The van der Waals surface area contributed by atoms with Crippen LogP contribution in [0.3, 0.4) is 0 Å². The second-order valence-corrected chi connectivity index (χ2v) is 8.92. The fraction of sp³-hybridized carbons (Fsp3) is 0.414. The van der Waals surface area contributed by atoms with Gasteiger partial charge in [0.1, 0.15) is 17.2 Å². The number of hydrogen-bond acceptors (Lipinski definition) is 6. The summed E-state index contributed by atoms with van der Waals surface area (Å²) in [6.45, 7) is 8.77. The monoisotopic (exact) mass is 505 g/mol. The van der Waals surface area contributed by atoms with Gasteiger partial charge in [-0.25, -0.2) is 5.43 Å². The van der Waals surface area contributed by atoms with Crippen LogP contribution >= 0.6 is 0 Å². The maximum Gasteiger partial charge on any atom is 0.289 e. The van der Waals surface area contributed by atoms with Gasteiger partial charge < -0.3 is 14.7 Å². The van der Waals surface area contributed by atoms with Gasteiger partial charge in [0.15, 0.2) is 0 Å². The van der Waals surface area contributed by atoms with E-state index in [-0.39, 0.29) is 11.4 Å². The lowest BCUT2D eigenvalue weighted by molar-refractivity contribution is 0.0950. The number of anilines is 1. The second kappa shape index (κ2) is 14.7. The normalized spacial score (nSPS) is 11.1. The number of aromatic amines is 1. The molecule has 1 heterocycles. The lowest BCUT2D eigenvalue weighted by atomic mass is 10.1. The predicted molar refractivity (Wildman–Crippen MR) is 150 cm³/mol. The highest BCUT2D eigenvalue weighted by molar-refractivity contribution is 5.94. The molecule has 1 amide bonds. The van der Waals surface area contributed by atoms with E-state index >= 15 is 0 Å². The van der Waals surface area contributed by atoms with Gasteiger partial charge in [-0.2, -0.15) is 10.2 Å². The van der Waals surface area contributed by atoms with Crippen LogP contribution in [0.2, 0.25) is 0 Å². The Morgan fingerprint density at radius 3 is 2.46 bits per heavy atom. The van der Waals surface area contributed by atoms with Crippen LogP contribution in [0.25, 0.3) is 11.3 Å². The number of hydrogen-bond donors (Lipinski definition) is 3. The molecule has 3 aromatic rings. The van der Waals surface area contributed by atoms with Crippen molar-refractivity contribution in [1.29, 1.82) is 0 Å². The first-order valence-electron chi connectivity index (χ1n) is 13.3. The minimum atomic E-state index is -0.423. The minimum absolute atomic E-state index is 0.102. The first-order chi connectivity index (χ1) is 18.0. The number of aromatic hydroxyl groups is 1. The van der Waals surface area contributed by atoms with Gasteiger partial charge in [0.05, 0.1) is 18.5 Å². The van der Waals surface area contributed by atoms with Crippen LogP contribution in [-0.2, 0) is 0 Å².